The van der Waals surface area contributed by atoms with Gasteiger partial charge in [-0.2, -0.15) is 0 Å². The molecule has 0 aromatic heterocycles. The van der Waals surface area contributed by atoms with E-state index in [9.17, 15) is 0 Å². The average molecular weight is 298 g/mol. The van der Waals surface area contributed by atoms with Crippen LogP contribution in [0.2, 0.25) is 0 Å². The number of hydrogen-bond donors (Lipinski definition) is 0. The maximum absolute atomic E-state index is 5.81. The number of fused-ring (bicyclic) bond motifs is 5. The monoisotopic (exact) mass is 298 g/mol. The lowest BCUT2D eigenvalue weighted by molar-refractivity contribution is -0.00817. The van der Waals surface area contributed by atoms with Gasteiger partial charge in [0.1, 0.15) is 0 Å². The van der Waals surface area contributed by atoms with Crippen LogP contribution in [-0.4, -0.2) is 6.61 Å². The molecule has 4 rings (SSSR count). The normalized spacial score (nSPS) is 46.2. The summed E-state index contributed by atoms with van der Waals surface area (Å²) < 4.78 is 5.81. The molecule has 0 unspecified atom stereocenters. The molecular formula is C21H30O. The summed E-state index contributed by atoms with van der Waals surface area (Å²) in [6, 6.07) is 0. The third-order valence-electron chi connectivity index (χ3n) is 7.39. The van der Waals surface area contributed by atoms with Gasteiger partial charge >= 0.3 is 0 Å². The Labute approximate surface area is 135 Å². The second kappa shape index (κ2) is 5.01. The smallest absolute Gasteiger partial charge is 0.0962 e. The largest absolute Gasteiger partial charge is 0.498 e. The lowest BCUT2D eigenvalue weighted by atomic mass is 9.49. The maximum Gasteiger partial charge on any atom is 0.0962 e. The van der Waals surface area contributed by atoms with E-state index in [-0.39, 0.29) is 0 Å². The van der Waals surface area contributed by atoms with Gasteiger partial charge in [-0.05, 0) is 79.3 Å². The summed E-state index contributed by atoms with van der Waals surface area (Å²) in [7, 11) is 0. The van der Waals surface area contributed by atoms with Crippen molar-refractivity contribution in [2.24, 2.45) is 28.6 Å². The molecule has 0 radical (unpaired) electrons. The fraction of sp³-hybridized carbons (Fsp3) is 0.714. The van der Waals surface area contributed by atoms with Crippen molar-refractivity contribution in [1.29, 1.82) is 0 Å². The summed E-state index contributed by atoms with van der Waals surface area (Å²) in [5, 5.41) is 0. The van der Waals surface area contributed by atoms with Gasteiger partial charge in [0.2, 0.25) is 0 Å². The highest BCUT2D eigenvalue weighted by Crippen LogP contribution is 2.62. The van der Waals surface area contributed by atoms with Crippen LogP contribution in [0.1, 0.15) is 59.3 Å². The Bertz CT molecular complexity index is 554. The first-order valence-electron chi connectivity index (χ1n) is 9.28. The van der Waals surface area contributed by atoms with Gasteiger partial charge in [-0.1, -0.05) is 32.1 Å². The van der Waals surface area contributed by atoms with Gasteiger partial charge in [0, 0.05) is 6.42 Å². The second-order valence-corrected chi connectivity index (χ2v) is 8.42. The molecule has 0 saturated heterocycles. The summed E-state index contributed by atoms with van der Waals surface area (Å²) in [6.07, 6.45) is 17.7. The number of allylic oxidation sites excluding steroid dienone is 6. The molecule has 1 saturated carbocycles. The van der Waals surface area contributed by atoms with Crippen LogP contribution in [0.3, 0.4) is 0 Å². The predicted octanol–water partition coefficient (Wildman–Crippen LogP) is 5.65. The van der Waals surface area contributed by atoms with Crippen LogP contribution in [0.25, 0.3) is 0 Å². The topological polar surface area (TPSA) is 9.23 Å². The minimum Gasteiger partial charge on any atom is -0.498 e. The SMILES string of the molecule is CCOC1=CC2=CC[C@H]3[C@@H]4CC=C[C@@]4(C)CC[C@@H]3[C@@]2(C)CC1. The number of rotatable bonds is 2. The molecule has 0 N–H and O–H groups in total. The molecule has 120 valence electrons. The van der Waals surface area contributed by atoms with Crippen LogP contribution in [0, 0.1) is 28.6 Å². The predicted molar refractivity (Wildman–Crippen MR) is 91.3 cm³/mol. The Balaban J connectivity index is 1.66. The zero-order valence-electron chi connectivity index (χ0n) is 14.4. The molecule has 0 bridgehead atoms. The lowest BCUT2D eigenvalue weighted by Gasteiger charge is -2.56. The Kier molecular flexibility index (Phi) is 3.33. The number of hydrogen-bond acceptors (Lipinski definition) is 1. The fourth-order valence-electron chi connectivity index (χ4n) is 6.08. The summed E-state index contributed by atoms with van der Waals surface area (Å²) >= 11 is 0. The Hall–Kier alpha value is -0.980. The van der Waals surface area contributed by atoms with E-state index in [1.165, 1.54) is 37.9 Å². The van der Waals surface area contributed by atoms with Gasteiger partial charge in [-0.25, -0.2) is 0 Å². The minimum absolute atomic E-state index is 0.396. The molecule has 0 heterocycles. The van der Waals surface area contributed by atoms with Gasteiger partial charge < -0.3 is 4.74 Å². The van der Waals surface area contributed by atoms with Gasteiger partial charge in [-0.15, -0.1) is 0 Å². The summed E-state index contributed by atoms with van der Waals surface area (Å²) in [5.74, 6) is 3.88. The van der Waals surface area contributed by atoms with Crippen LogP contribution >= 0.6 is 0 Å². The molecule has 4 aliphatic carbocycles. The van der Waals surface area contributed by atoms with E-state index in [1.807, 2.05) is 0 Å². The highest BCUT2D eigenvalue weighted by atomic mass is 16.5. The van der Waals surface area contributed by atoms with Crippen LogP contribution in [0.4, 0.5) is 0 Å². The molecular weight excluding hydrogens is 268 g/mol. The van der Waals surface area contributed by atoms with Crippen LogP contribution in [0.15, 0.2) is 35.6 Å². The van der Waals surface area contributed by atoms with Crippen LogP contribution < -0.4 is 0 Å². The third-order valence-corrected chi connectivity index (χ3v) is 7.39. The molecule has 5 atom stereocenters. The molecule has 1 heteroatoms. The second-order valence-electron chi connectivity index (χ2n) is 8.42. The summed E-state index contributed by atoms with van der Waals surface area (Å²) in [5.41, 5.74) is 2.47. The van der Waals surface area contributed by atoms with E-state index in [2.05, 4.69) is 45.1 Å². The van der Waals surface area contributed by atoms with Crippen molar-refractivity contribution in [1.82, 2.24) is 0 Å². The van der Waals surface area contributed by atoms with Gasteiger partial charge in [0.25, 0.3) is 0 Å². The lowest BCUT2D eigenvalue weighted by Crippen LogP contribution is -2.48. The van der Waals surface area contributed by atoms with Crippen LogP contribution in [0.5, 0.6) is 0 Å². The van der Waals surface area contributed by atoms with Crippen molar-refractivity contribution < 1.29 is 4.74 Å². The molecule has 0 aliphatic heterocycles. The standard InChI is InChI=1S/C21H30O/c1-4-22-16-9-13-21(3)15(14-16)7-8-17-18-6-5-11-20(18,2)12-10-19(17)21/h5,7,11,14,17-19H,4,6,8-10,12-13H2,1-3H3/t17-,18-,19-,20-,21-/m0/s1. The van der Waals surface area contributed by atoms with Crippen molar-refractivity contribution in [3.63, 3.8) is 0 Å². The third kappa shape index (κ3) is 1.97. The first-order valence-corrected chi connectivity index (χ1v) is 9.28. The quantitative estimate of drug-likeness (QED) is 0.599. The highest BCUT2D eigenvalue weighted by Gasteiger charge is 2.54. The molecule has 0 aromatic rings. The van der Waals surface area contributed by atoms with E-state index >= 15 is 0 Å². The van der Waals surface area contributed by atoms with Gasteiger partial charge in [0.05, 0.1) is 12.4 Å². The molecule has 1 nitrogen and oxygen atoms in total. The minimum atomic E-state index is 0.396. The Morgan fingerprint density at radius 3 is 2.86 bits per heavy atom. The Morgan fingerprint density at radius 1 is 1.18 bits per heavy atom. The first-order chi connectivity index (χ1) is 10.6. The van der Waals surface area contributed by atoms with E-state index < -0.39 is 0 Å². The fourth-order valence-corrected chi connectivity index (χ4v) is 6.08. The van der Waals surface area contributed by atoms with Gasteiger partial charge in [-0.3, -0.25) is 0 Å². The molecule has 4 aliphatic rings. The van der Waals surface area contributed by atoms with Crippen molar-refractivity contribution in [3.05, 3.63) is 35.6 Å². The average Bonchev–Trinajstić information content (AvgIpc) is 2.89. The molecule has 0 spiro atoms. The van der Waals surface area contributed by atoms with E-state index in [0.29, 0.717) is 10.8 Å². The highest BCUT2D eigenvalue weighted by molar-refractivity contribution is 5.36. The van der Waals surface area contributed by atoms with Crippen molar-refractivity contribution in [2.45, 2.75) is 59.3 Å². The van der Waals surface area contributed by atoms with Crippen molar-refractivity contribution >= 4 is 0 Å². The first kappa shape index (κ1) is 14.6. The number of ether oxygens (including phenoxy) is 1. The van der Waals surface area contributed by atoms with E-state index in [1.54, 1.807) is 5.57 Å². The summed E-state index contributed by atoms with van der Waals surface area (Å²) in [6.45, 7) is 7.94. The Morgan fingerprint density at radius 2 is 2.05 bits per heavy atom. The molecule has 0 aromatic carbocycles. The maximum atomic E-state index is 5.81. The zero-order chi connectivity index (χ0) is 15.4. The molecule has 22 heavy (non-hydrogen) atoms. The zero-order valence-corrected chi connectivity index (χ0v) is 14.4. The van der Waals surface area contributed by atoms with Gasteiger partial charge in [0.15, 0.2) is 0 Å². The van der Waals surface area contributed by atoms with Crippen molar-refractivity contribution in [2.75, 3.05) is 6.61 Å². The van der Waals surface area contributed by atoms with Crippen LogP contribution in [-0.2, 0) is 4.74 Å². The summed E-state index contributed by atoms with van der Waals surface area (Å²) in [4.78, 5) is 0. The molecule has 1 fully saturated rings. The van der Waals surface area contributed by atoms with E-state index in [0.717, 1.165) is 30.8 Å². The molecule has 0 amide bonds. The van der Waals surface area contributed by atoms with Crippen molar-refractivity contribution in [3.8, 4) is 0 Å². The van der Waals surface area contributed by atoms with E-state index in [4.69, 9.17) is 4.74 Å².